The van der Waals surface area contributed by atoms with Gasteiger partial charge in [0.2, 0.25) is 0 Å². The predicted molar refractivity (Wildman–Crippen MR) is 49.3 cm³/mol. The van der Waals surface area contributed by atoms with Crippen molar-refractivity contribution in [1.82, 2.24) is 0 Å². The van der Waals surface area contributed by atoms with E-state index < -0.39 is 0 Å². The Morgan fingerprint density at radius 2 is 1.73 bits per heavy atom. The summed E-state index contributed by atoms with van der Waals surface area (Å²) in [5.41, 5.74) is 1.14. The van der Waals surface area contributed by atoms with Crippen molar-refractivity contribution in [2.24, 2.45) is 0 Å². The molecule has 0 fully saturated rings. The summed E-state index contributed by atoms with van der Waals surface area (Å²) in [5.74, 6) is 0. The fourth-order valence-corrected chi connectivity index (χ4v) is 1.06. The van der Waals surface area contributed by atoms with Crippen LogP contribution in [0.3, 0.4) is 0 Å². The molecular formula is C8H11NOS. The van der Waals surface area contributed by atoms with E-state index in [1.807, 2.05) is 43.3 Å². The highest BCUT2D eigenvalue weighted by Crippen LogP contribution is 2.18. The van der Waals surface area contributed by atoms with E-state index in [4.69, 9.17) is 4.55 Å². The molecule has 0 radical (unpaired) electrons. The molecule has 0 heterocycles. The zero-order chi connectivity index (χ0) is 8.27. The molecule has 0 aliphatic rings. The van der Waals surface area contributed by atoms with E-state index in [-0.39, 0.29) is 0 Å². The molecule has 1 aromatic carbocycles. The molecule has 0 aromatic heterocycles. The summed E-state index contributed by atoms with van der Waals surface area (Å²) < 4.78 is 8.67. The van der Waals surface area contributed by atoms with E-state index >= 15 is 0 Å². The van der Waals surface area contributed by atoms with Crippen molar-refractivity contribution in [3.8, 4) is 0 Å². The maximum absolute atomic E-state index is 8.67. The Labute approximate surface area is 71.0 Å². The molecule has 2 nitrogen and oxygen atoms in total. The summed E-state index contributed by atoms with van der Waals surface area (Å²) in [6.07, 6.45) is 0. The number of anilines is 1. The normalized spacial score (nSPS) is 9.73. The first-order chi connectivity index (χ1) is 5.24. The quantitative estimate of drug-likeness (QED) is 0.687. The van der Waals surface area contributed by atoms with Crippen LogP contribution in [0.1, 0.15) is 0 Å². The maximum atomic E-state index is 8.67. The van der Waals surface area contributed by atoms with Crippen LogP contribution in [0.4, 0.5) is 5.69 Å². The molecule has 0 saturated carbocycles. The highest BCUT2D eigenvalue weighted by atomic mass is 32.2. The van der Waals surface area contributed by atoms with Crippen LogP contribution >= 0.6 is 12.0 Å². The van der Waals surface area contributed by atoms with Gasteiger partial charge in [-0.05, 0) is 24.3 Å². The molecule has 1 N–H and O–H groups in total. The Bertz CT molecular complexity index is 220. The van der Waals surface area contributed by atoms with Gasteiger partial charge in [-0.25, -0.2) is 0 Å². The maximum Gasteiger partial charge on any atom is 0.0361 e. The fraction of sp³-hybridized carbons (Fsp3) is 0.250. The van der Waals surface area contributed by atoms with Crippen LogP contribution < -0.4 is 4.90 Å². The van der Waals surface area contributed by atoms with Gasteiger partial charge >= 0.3 is 0 Å². The highest BCUT2D eigenvalue weighted by molar-refractivity contribution is 7.93. The first-order valence-corrected chi connectivity index (χ1v) is 4.10. The van der Waals surface area contributed by atoms with E-state index in [2.05, 4.69) is 0 Å². The van der Waals surface area contributed by atoms with Gasteiger partial charge in [0.25, 0.3) is 0 Å². The smallest absolute Gasteiger partial charge is 0.0361 e. The molecule has 1 rings (SSSR count). The second-order valence-corrected chi connectivity index (χ2v) is 3.13. The van der Waals surface area contributed by atoms with Gasteiger partial charge in [0.15, 0.2) is 0 Å². The van der Waals surface area contributed by atoms with Gasteiger partial charge in [-0.2, -0.15) is 0 Å². The van der Waals surface area contributed by atoms with Gasteiger partial charge in [-0.3, -0.25) is 0 Å². The van der Waals surface area contributed by atoms with Crippen molar-refractivity contribution in [3.63, 3.8) is 0 Å². The monoisotopic (exact) mass is 169 g/mol. The van der Waals surface area contributed by atoms with Gasteiger partial charge in [0.1, 0.15) is 0 Å². The summed E-state index contributed by atoms with van der Waals surface area (Å²) in [7, 11) is 3.97. The van der Waals surface area contributed by atoms with Crippen LogP contribution in [0.2, 0.25) is 0 Å². The lowest BCUT2D eigenvalue weighted by molar-refractivity contribution is 0.664. The third-order valence-corrected chi connectivity index (χ3v) is 1.94. The van der Waals surface area contributed by atoms with Gasteiger partial charge in [-0.15, -0.1) is 0 Å². The SMILES string of the molecule is CN(C)c1ccc(SO)cc1. The third-order valence-electron chi connectivity index (χ3n) is 1.46. The number of rotatable bonds is 2. The Morgan fingerprint density at radius 3 is 2.09 bits per heavy atom. The van der Waals surface area contributed by atoms with Crippen molar-refractivity contribution >= 4 is 17.7 Å². The molecule has 11 heavy (non-hydrogen) atoms. The van der Waals surface area contributed by atoms with E-state index in [9.17, 15) is 0 Å². The Hall–Kier alpha value is -0.670. The second kappa shape index (κ2) is 3.64. The first-order valence-electron chi connectivity index (χ1n) is 3.33. The second-order valence-electron chi connectivity index (χ2n) is 2.48. The van der Waals surface area contributed by atoms with Crippen LogP contribution in [-0.2, 0) is 0 Å². The number of benzene rings is 1. The first kappa shape index (κ1) is 8.43. The van der Waals surface area contributed by atoms with E-state index in [1.54, 1.807) is 0 Å². The predicted octanol–water partition coefficient (Wildman–Crippen LogP) is 2.32. The minimum Gasteiger partial charge on any atom is -0.378 e. The minimum atomic E-state index is 0.771. The molecular weight excluding hydrogens is 158 g/mol. The Balaban J connectivity index is 2.83. The molecule has 0 aliphatic heterocycles. The van der Waals surface area contributed by atoms with E-state index in [1.165, 1.54) is 0 Å². The molecule has 0 saturated heterocycles. The summed E-state index contributed by atoms with van der Waals surface area (Å²) in [6.45, 7) is 0. The van der Waals surface area contributed by atoms with Crippen LogP contribution in [0.15, 0.2) is 29.2 Å². The lowest BCUT2D eigenvalue weighted by atomic mass is 10.3. The average molecular weight is 169 g/mol. The van der Waals surface area contributed by atoms with E-state index in [0.29, 0.717) is 0 Å². The lowest BCUT2D eigenvalue weighted by Gasteiger charge is -2.11. The van der Waals surface area contributed by atoms with Crippen LogP contribution in [0.25, 0.3) is 0 Å². The van der Waals surface area contributed by atoms with Gasteiger partial charge in [0, 0.05) is 36.7 Å². The zero-order valence-electron chi connectivity index (χ0n) is 6.61. The molecule has 3 heteroatoms. The van der Waals surface area contributed by atoms with E-state index in [0.717, 1.165) is 22.6 Å². The van der Waals surface area contributed by atoms with Crippen LogP contribution in [-0.4, -0.2) is 18.6 Å². The van der Waals surface area contributed by atoms with Crippen LogP contribution in [0.5, 0.6) is 0 Å². The lowest BCUT2D eigenvalue weighted by Crippen LogP contribution is -2.07. The number of hydrogen-bond donors (Lipinski definition) is 1. The minimum absolute atomic E-state index is 0.771. The Morgan fingerprint density at radius 1 is 1.18 bits per heavy atom. The van der Waals surface area contributed by atoms with Crippen molar-refractivity contribution in [2.75, 3.05) is 19.0 Å². The Kier molecular flexibility index (Phi) is 2.79. The zero-order valence-corrected chi connectivity index (χ0v) is 7.43. The molecule has 0 aliphatic carbocycles. The topological polar surface area (TPSA) is 23.5 Å². The van der Waals surface area contributed by atoms with Gasteiger partial charge in [0.05, 0.1) is 0 Å². The fourth-order valence-electron chi connectivity index (χ4n) is 0.805. The van der Waals surface area contributed by atoms with Crippen molar-refractivity contribution in [3.05, 3.63) is 24.3 Å². The van der Waals surface area contributed by atoms with Gasteiger partial charge < -0.3 is 9.45 Å². The highest BCUT2D eigenvalue weighted by Gasteiger charge is 1.94. The average Bonchev–Trinajstić information content (AvgIpc) is 2.05. The van der Waals surface area contributed by atoms with Crippen molar-refractivity contribution in [1.29, 1.82) is 0 Å². The molecule has 0 unspecified atom stereocenters. The summed E-state index contributed by atoms with van der Waals surface area (Å²) in [4.78, 5) is 2.89. The third kappa shape index (κ3) is 2.13. The van der Waals surface area contributed by atoms with Crippen molar-refractivity contribution < 1.29 is 4.55 Å². The molecule has 0 bridgehead atoms. The number of nitrogens with zero attached hydrogens (tertiary/aromatic N) is 1. The van der Waals surface area contributed by atoms with Crippen LogP contribution in [0, 0.1) is 0 Å². The molecule has 0 atom stereocenters. The summed E-state index contributed by atoms with van der Waals surface area (Å²) in [5, 5.41) is 0. The van der Waals surface area contributed by atoms with Crippen molar-refractivity contribution in [2.45, 2.75) is 4.90 Å². The molecule has 0 spiro atoms. The molecule has 0 amide bonds. The largest absolute Gasteiger partial charge is 0.378 e. The molecule has 1 aromatic rings. The standard InChI is InChI=1S/C8H11NOS/c1-9(2)7-3-5-8(11-10)6-4-7/h3-6,10H,1-2H3. The summed E-state index contributed by atoms with van der Waals surface area (Å²) >= 11 is 0.771. The molecule has 60 valence electrons. The summed E-state index contributed by atoms with van der Waals surface area (Å²) in [6, 6.07) is 7.72. The van der Waals surface area contributed by atoms with Gasteiger partial charge in [-0.1, -0.05) is 0 Å². The number of hydrogen-bond acceptors (Lipinski definition) is 3.